The summed E-state index contributed by atoms with van der Waals surface area (Å²) in [6, 6.07) is 0. The van der Waals surface area contributed by atoms with Crippen molar-refractivity contribution in [3.63, 3.8) is 0 Å². The monoisotopic (exact) mass is 378 g/mol. The molecule has 2 atom stereocenters. The molecule has 5 nitrogen and oxygen atoms in total. The van der Waals surface area contributed by atoms with Gasteiger partial charge in [-0.1, -0.05) is 88.3 Å². The van der Waals surface area contributed by atoms with Crippen LogP contribution in [0.15, 0.2) is 60.4 Å². The minimum absolute atomic E-state index is 0.0160. The second-order valence-corrected chi connectivity index (χ2v) is 6.39. The Morgan fingerprint density at radius 1 is 0.815 bits per heavy atom. The third kappa shape index (κ3) is 17.1. The molecule has 2 unspecified atom stereocenters. The number of aliphatic hydroxyl groups excluding tert-OH is 3. The number of hydrogen-bond acceptors (Lipinski definition) is 4. The van der Waals surface area contributed by atoms with Crippen LogP contribution in [0.5, 0.6) is 0 Å². The van der Waals surface area contributed by atoms with Crippen LogP contribution < -0.4 is 0 Å². The number of unbranched alkanes of at least 4 members (excludes halogenated alkanes) is 6. The second kappa shape index (κ2) is 17.3. The number of rotatable bonds is 15. The maximum atomic E-state index is 10.3. The van der Waals surface area contributed by atoms with Gasteiger partial charge in [0.25, 0.3) is 0 Å². The van der Waals surface area contributed by atoms with Gasteiger partial charge in [-0.05, 0) is 18.6 Å². The maximum Gasteiger partial charge on any atom is 0.328 e. The van der Waals surface area contributed by atoms with Crippen LogP contribution in [0.1, 0.15) is 58.3 Å². The van der Waals surface area contributed by atoms with Crippen LogP contribution in [0.4, 0.5) is 0 Å². The van der Waals surface area contributed by atoms with Gasteiger partial charge in [-0.15, -0.1) is 0 Å². The Hall–Kier alpha value is -2.11. The average Bonchev–Trinajstić information content (AvgIpc) is 2.63. The molecule has 0 rings (SSSR count). The van der Waals surface area contributed by atoms with Gasteiger partial charge < -0.3 is 20.4 Å². The Kier molecular flexibility index (Phi) is 16.0. The van der Waals surface area contributed by atoms with E-state index < -0.39 is 18.2 Å². The zero-order valence-corrected chi connectivity index (χ0v) is 16.2. The fraction of sp³-hybridized carbons (Fsp3) is 0.500. The SMILES string of the molecule is CCCCCCCCCC(O)C(O)/C=C/C=C/C(O)=C/C=C/C=C/C(=O)O. The van der Waals surface area contributed by atoms with Gasteiger partial charge in [0.1, 0.15) is 5.76 Å². The molecular weight excluding hydrogens is 344 g/mol. The van der Waals surface area contributed by atoms with Gasteiger partial charge in [0.05, 0.1) is 12.2 Å². The first-order chi connectivity index (χ1) is 13.0. The van der Waals surface area contributed by atoms with Crippen LogP contribution in [-0.4, -0.2) is 38.6 Å². The molecule has 0 radical (unpaired) electrons. The van der Waals surface area contributed by atoms with Crippen LogP contribution in [-0.2, 0) is 4.79 Å². The highest BCUT2D eigenvalue weighted by molar-refractivity contribution is 5.80. The Morgan fingerprint density at radius 3 is 2.11 bits per heavy atom. The molecule has 0 bridgehead atoms. The Bertz CT molecular complexity index is 529. The molecule has 0 saturated carbocycles. The van der Waals surface area contributed by atoms with Crippen LogP contribution in [0.3, 0.4) is 0 Å². The molecule has 0 spiro atoms. The zero-order chi connectivity index (χ0) is 20.3. The van der Waals surface area contributed by atoms with Crippen molar-refractivity contribution in [2.45, 2.75) is 70.5 Å². The van der Waals surface area contributed by atoms with Crippen LogP contribution in [0, 0.1) is 0 Å². The lowest BCUT2D eigenvalue weighted by Gasteiger charge is -2.14. The average molecular weight is 379 g/mol. The summed E-state index contributed by atoms with van der Waals surface area (Å²) in [5.41, 5.74) is 0. The topological polar surface area (TPSA) is 98.0 Å². The van der Waals surface area contributed by atoms with E-state index in [1.165, 1.54) is 68.6 Å². The molecule has 0 aromatic rings. The molecule has 0 amide bonds. The summed E-state index contributed by atoms with van der Waals surface area (Å²) in [6.07, 6.45) is 19.8. The van der Waals surface area contributed by atoms with E-state index in [0.717, 1.165) is 18.9 Å². The van der Waals surface area contributed by atoms with Crippen molar-refractivity contribution < 1.29 is 25.2 Å². The minimum atomic E-state index is -1.04. The van der Waals surface area contributed by atoms with E-state index >= 15 is 0 Å². The fourth-order valence-electron chi connectivity index (χ4n) is 2.35. The van der Waals surface area contributed by atoms with Crippen molar-refractivity contribution in [3.8, 4) is 0 Å². The largest absolute Gasteiger partial charge is 0.508 e. The number of hydrogen-bond donors (Lipinski definition) is 4. The van der Waals surface area contributed by atoms with E-state index in [1.54, 1.807) is 12.2 Å². The highest BCUT2D eigenvalue weighted by Gasteiger charge is 2.11. The summed E-state index contributed by atoms with van der Waals surface area (Å²) in [6.45, 7) is 2.19. The normalized spacial score (nSPS) is 15.4. The predicted molar refractivity (Wildman–Crippen MR) is 110 cm³/mol. The van der Waals surface area contributed by atoms with Gasteiger partial charge >= 0.3 is 5.97 Å². The molecule has 27 heavy (non-hydrogen) atoms. The van der Waals surface area contributed by atoms with Crippen LogP contribution in [0.2, 0.25) is 0 Å². The quantitative estimate of drug-likeness (QED) is 0.144. The minimum Gasteiger partial charge on any atom is -0.508 e. The van der Waals surface area contributed by atoms with E-state index in [0.29, 0.717) is 6.42 Å². The number of carbonyl (C=O) groups is 1. The number of carboxylic acids is 1. The predicted octanol–water partition coefficient (Wildman–Crippen LogP) is 4.60. The molecule has 0 aliphatic carbocycles. The summed E-state index contributed by atoms with van der Waals surface area (Å²) in [5.74, 6) is -1.05. The van der Waals surface area contributed by atoms with Gasteiger partial charge in [0.2, 0.25) is 0 Å². The molecular formula is C22H34O5. The van der Waals surface area contributed by atoms with Gasteiger partial charge in [-0.25, -0.2) is 4.79 Å². The van der Waals surface area contributed by atoms with Crippen LogP contribution in [0.25, 0.3) is 0 Å². The standard InChI is InChI=1S/C22H34O5/c1-2-3-4-5-6-7-10-16-20(24)21(25)17-13-12-15-19(23)14-9-8-11-18-22(26)27/h8-9,11-15,17-18,20-21,23-25H,2-7,10,16H2,1H3,(H,26,27)/b9-8+,15-12+,17-13+,18-11+,19-14-. The summed E-state index contributed by atoms with van der Waals surface area (Å²) < 4.78 is 0. The first kappa shape index (κ1) is 24.9. The molecule has 0 aromatic heterocycles. The first-order valence-corrected chi connectivity index (χ1v) is 9.65. The molecule has 5 heteroatoms. The van der Waals surface area contributed by atoms with Gasteiger partial charge in [-0.3, -0.25) is 0 Å². The third-order valence-corrected chi connectivity index (χ3v) is 3.91. The first-order valence-electron chi connectivity index (χ1n) is 9.65. The van der Waals surface area contributed by atoms with E-state index in [1.807, 2.05) is 0 Å². The Balaban J connectivity index is 4.04. The van der Waals surface area contributed by atoms with E-state index in [9.17, 15) is 20.1 Å². The molecule has 4 N–H and O–H groups in total. The number of carboxylic acid groups (broad SMARTS) is 1. The second-order valence-electron chi connectivity index (χ2n) is 6.39. The summed E-state index contributed by atoms with van der Waals surface area (Å²) in [5, 5.41) is 37.8. The molecule has 0 saturated heterocycles. The smallest absolute Gasteiger partial charge is 0.328 e. The summed E-state index contributed by atoms with van der Waals surface area (Å²) in [4.78, 5) is 10.3. The van der Waals surface area contributed by atoms with Gasteiger partial charge in [0, 0.05) is 6.08 Å². The van der Waals surface area contributed by atoms with Crippen molar-refractivity contribution >= 4 is 5.97 Å². The van der Waals surface area contributed by atoms with Gasteiger partial charge in [0.15, 0.2) is 0 Å². The number of allylic oxidation sites excluding steroid dienone is 7. The summed E-state index contributed by atoms with van der Waals surface area (Å²) >= 11 is 0. The van der Waals surface area contributed by atoms with Crippen molar-refractivity contribution in [2.24, 2.45) is 0 Å². The molecule has 0 aromatic carbocycles. The lowest BCUT2D eigenvalue weighted by Crippen LogP contribution is -2.23. The van der Waals surface area contributed by atoms with Crippen molar-refractivity contribution in [1.29, 1.82) is 0 Å². The Labute approximate surface area is 162 Å². The highest BCUT2D eigenvalue weighted by Crippen LogP contribution is 2.11. The lowest BCUT2D eigenvalue weighted by molar-refractivity contribution is -0.131. The lowest BCUT2D eigenvalue weighted by atomic mass is 10.0. The Morgan fingerprint density at radius 2 is 1.44 bits per heavy atom. The molecule has 0 aliphatic heterocycles. The molecule has 0 aliphatic rings. The molecule has 0 heterocycles. The highest BCUT2D eigenvalue weighted by atomic mass is 16.4. The van der Waals surface area contributed by atoms with Crippen molar-refractivity contribution in [1.82, 2.24) is 0 Å². The molecule has 152 valence electrons. The van der Waals surface area contributed by atoms with Gasteiger partial charge in [-0.2, -0.15) is 0 Å². The zero-order valence-electron chi connectivity index (χ0n) is 16.2. The number of aliphatic carboxylic acids is 1. The van der Waals surface area contributed by atoms with E-state index in [2.05, 4.69) is 6.92 Å². The third-order valence-electron chi connectivity index (χ3n) is 3.91. The van der Waals surface area contributed by atoms with Crippen molar-refractivity contribution in [2.75, 3.05) is 0 Å². The maximum absolute atomic E-state index is 10.3. The van der Waals surface area contributed by atoms with E-state index in [4.69, 9.17) is 5.11 Å². The van der Waals surface area contributed by atoms with Crippen LogP contribution >= 0.6 is 0 Å². The van der Waals surface area contributed by atoms with Crippen molar-refractivity contribution in [3.05, 3.63) is 60.4 Å². The fourth-order valence-corrected chi connectivity index (χ4v) is 2.35. The molecule has 0 fully saturated rings. The van der Waals surface area contributed by atoms with E-state index in [-0.39, 0.29) is 5.76 Å². The summed E-state index contributed by atoms with van der Waals surface area (Å²) in [7, 11) is 0. The number of aliphatic hydroxyl groups is 3.